The normalized spacial score (nSPS) is 11.4. The molecule has 142 valence electrons. The maximum absolute atomic E-state index is 12.5. The van der Waals surface area contributed by atoms with Crippen LogP contribution in [0, 0.1) is 11.3 Å². The summed E-state index contributed by atoms with van der Waals surface area (Å²) in [5.74, 6) is 0.306. The van der Waals surface area contributed by atoms with E-state index in [0.29, 0.717) is 28.4 Å². The Hall–Kier alpha value is -4.38. The van der Waals surface area contributed by atoms with Crippen molar-refractivity contribution in [2.45, 2.75) is 0 Å². The van der Waals surface area contributed by atoms with Crippen LogP contribution in [0.5, 0.6) is 11.5 Å². The SMILES string of the molecule is N#Cc1cccc(NC(=O)c2cncc(C(=O)Nc3ccc4c(c3)OCO4)c2)c1. The number of nitrogens with zero attached hydrogens (tertiary/aromatic N) is 2. The highest BCUT2D eigenvalue weighted by atomic mass is 16.7. The van der Waals surface area contributed by atoms with E-state index in [9.17, 15) is 9.59 Å². The van der Waals surface area contributed by atoms with Crippen LogP contribution >= 0.6 is 0 Å². The smallest absolute Gasteiger partial charge is 0.257 e. The van der Waals surface area contributed by atoms with Gasteiger partial charge in [0.2, 0.25) is 6.79 Å². The first-order valence-electron chi connectivity index (χ1n) is 8.60. The van der Waals surface area contributed by atoms with Crippen LogP contribution in [0.15, 0.2) is 60.9 Å². The van der Waals surface area contributed by atoms with E-state index < -0.39 is 11.8 Å². The number of benzene rings is 2. The Kier molecular flexibility index (Phi) is 4.78. The topological polar surface area (TPSA) is 113 Å². The second kappa shape index (κ2) is 7.70. The summed E-state index contributed by atoms with van der Waals surface area (Å²) in [6.45, 7) is 0.144. The number of pyridine rings is 1. The zero-order valence-corrected chi connectivity index (χ0v) is 15.0. The van der Waals surface area contributed by atoms with E-state index in [-0.39, 0.29) is 17.9 Å². The van der Waals surface area contributed by atoms with Crippen LogP contribution < -0.4 is 20.1 Å². The van der Waals surface area contributed by atoms with Gasteiger partial charge in [0, 0.05) is 29.8 Å². The number of anilines is 2. The van der Waals surface area contributed by atoms with Gasteiger partial charge in [-0.15, -0.1) is 0 Å². The molecule has 1 aromatic heterocycles. The summed E-state index contributed by atoms with van der Waals surface area (Å²) in [6.07, 6.45) is 2.73. The number of nitrogens with one attached hydrogen (secondary N) is 2. The zero-order valence-electron chi connectivity index (χ0n) is 15.0. The summed E-state index contributed by atoms with van der Waals surface area (Å²) in [5.41, 5.74) is 1.87. The third kappa shape index (κ3) is 3.99. The predicted molar refractivity (Wildman–Crippen MR) is 104 cm³/mol. The minimum atomic E-state index is -0.440. The number of carbonyl (C=O) groups excluding carboxylic acids is 2. The molecule has 0 saturated carbocycles. The van der Waals surface area contributed by atoms with Gasteiger partial charge in [-0.05, 0) is 36.4 Å². The van der Waals surface area contributed by atoms with Gasteiger partial charge in [-0.2, -0.15) is 5.26 Å². The number of nitriles is 1. The molecule has 8 nitrogen and oxygen atoms in total. The lowest BCUT2D eigenvalue weighted by molar-refractivity contribution is 0.102. The predicted octanol–water partition coefficient (Wildman–Crippen LogP) is 3.19. The molecule has 0 fully saturated rings. The average Bonchev–Trinajstić information content (AvgIpc) is 3.22. The molecule has 1 aliphatic rings. The van der Waals surface area contributed by atoms with Crippen LogP contribution in [-0.4, -0.2) is 23.6 Å². The van der Waals surface area contributed by atoms with E-state index in [1.54, 1.807) is 42.5 Å². The molecule has 0 spiro atoms. The van der Waals surface area contributed by atoms with Crippen LogP contribution in [-0.2, 0) is 0 Å². The monoisotopic (exact) mass is 386 g/mol. The highest BCUT2D eigenvalue weighted by Crippen LogP contribution is 2.34. The summed E-state index contributed by atoms with van der Waals surface area (Å²) >= 11 is 0. The van der Waals surface area contributed by atoms with Crippen molar-refractivity contribution < 1.29 is 19.1 Å². The number of fused-ring (bicyclic) bond motifs is 1. The van der Waals surface area contributed by atoms with E-state index in [2.05, 4.69) is 15.6 Å². The van der Waals surface area contributed by atoms with E-state index in [1.807, 2.05) is 6.07 Å². The number of hydrogen-bond donors (Lipinski definition) is 2. The molecule has 2 heterocycles. The van der Waals surface area contributed by atoms with Crippen LogP contribution in [0.1, 0.15) is 26.3 Å². The Morgan fingerprint density at radius 3 is 2.31 bits per heavy atom. The fraction of sp³-hybridized carbons (Fsp3) is 0.0476. The highest BCUT2D eigenvalue weighted by molar-refractivity contribution is 6.08. The summed E-state index contributed by atoms with van der Waals surface area (Å²) in [4.78, 5) is 29.0. The quantitative estimate of drug-likeness (QED) is 0.712. The van der Waals surface area contributed by atoms with Crippen molar-refractivity contribution in [3.8, 4) is 17.6 Å². The molecule has 2 N–H and O–H groups in total. The van der Waals surface area contributed by atoms with Gasteiger partial charge >= 0.3 is 0 Å². The molecular weight excluding hydrogens is 372 g/mol. The van der Waals surface area contributed by atoms with Crippen LogP contribution in [0.2, 0.25) is 0 Å². The lowest BCUT2D eigenvalue weighted by atomic mass is 10.1. The minimum Gasteiger partial charge on any atom is -0.454 e. The van der Waals surface area contributed by atoms with Crippen molar-refractivity contribution in [2.24, 2.45) is 0 Å². The molecule has 0 unspecified atom stereocenters. The van der Waals surface area contributed by atoms with Crippen LogP contribution in [0.25, 0.3) is 0 Å². The molecule has 0 radical (unpaired) electrons. The third-order valence-corrected chi connectivity index (χ3v) is 4.14. The third-order valence-electron chi connectivity index (χ3n) is 4.14. The Morgan fingerprint density at radius 2 is 1.59 bits per heavy atom. The molecule has 0 atom stereocenters. The molecule has 29 heavy (non-hydrogen) atoms. The maximum Gasteiger partial charge on any atom is 0.257 e. The number of hydrogen-bond acceptors (Lipinski definition) is 6. The molecule has 2 aromatic carbocycles. The molecule has 0 bridgehead atoms. The first kappa shape index (κ1) is 18.0. The number of aromatic nitrogens is 1. The molecule has 2 amide bonds. The molecular formula is C21H14N4O4. The van der Waals surface area contributed by atoms with Crippen molar-refractivity contribution in [2.75, 3.05) is 17.4 Å². The second-order valence-electron chi connectivity index (χ2n) is 6.13. The van der Waals surface area contributed by atoms with Crippen molar-refractivity contribution in [1.29, 1.82) is 5.26 Å². The molecule has 0 saturated heterocycles. The number of amides is 2. The van der Waals surface area contributed by atoms with Gasteiger partial charge in [-0.3, -0.25) is 14.6 Å². The number of ether oxygens (including phenoxy) is 2. The van der Waals surface area contributed by atoms with Gasteiger partial charge in [-0.25, -0.2) is 0 Å². The van der Waals surface area contributed by atoms with Crippen molar-refractivity contribution in [3.05, 3.63) is 77.6 Å². The highest BCUT2D eigenvalue weighted by Gasteiger charge is 2.16. The molecule has 0 aliphatic carbocycles. The summed E-state index contributed by atoms with van der Waals surface area (Å²) in [5, 5.41) is 14.4. The Balaban J connectivity index is 1.48. The Morgan fingerprint density at radius 1 is 0.897 bits per heavy atom. The fourth-order valence-electron chi connectivity index (χ4n) is 2.74. The van der Waals surface area contributed by atoms with E-state index >= 15 is 0 Å². The molecule has 4 rings (SSSR count). The molecule has 8 heteroatoms. The van der Waals surface area contributed by atoms with Crippen molar-refractivity contribution >= 4 is 23.2 Å². The lowest BCUT2D eigenvalue weighted by Gasteiger charge is -2.08. The minimum absolute atomic E-state index is 0.144. The van der Waals surface area contributed by atoms with Gasteiger partial charge in [0.1, 0.15) is 0 Å². The van der Waals surface area contributed by atoms with E-state index in [1.165, 1.54) is 18.5 Å². The van der Waals surface area contributed by atoms with Crippen LogP contribution in [0.3, 0.4) is 0 Å². The van der Waals surface area contributed by atoms with Crippen molar-refractivity contribution in [3.63, 3.8) is 0 Å². The molecule has 1 aliphatic heterocycles. The lowest BCUT2D eigenvalue weighted by Crippen LogP contribution is -2.16. The van der Waals surface area contributed by atoms with Crippen LogP contribution in [0.4, 0.5) is 11.4 Å². The Labute approximate surface area is 165 Å². The standard InChI is InChI=1S/C21H14N4O4/c22-9-13-2-1-3-16(6-13)24-20(26)14-7-15(11-23-10-14)21(27)25-17-4-5-18-19(8-17)29-12-28-18/h1-8,10-11H,12H2,(H,24,26)(H,25,27). The molecule has 3 aromatic rings. The zero-order chi connectivity index (χ0) is 20.2. The maximum atomic E-state index is 12.5. The van der Waals surface area contributed by atoms with E-state index in [0.717, 1.165) is 0 Å². The largest absolute Gasteiger partial charge is 0.454 e. The van der Waals surface area contributed by atoms with Gasteiger partial charge in [0.05, 0.1) is 22.8 Å². The Bertz CT molecular complexity index is 1150. The van der Waals surface area contributed by atoms with E-state index in [4.69, 9.17) is 14.7 Å². The first-order valence-corrected chi connectivity index (χ1v) is 8.60. The van der Waals surface area contributed by atoms with Gasteiger partial charge in [-0.1, -0.05) is 6.07 Å². The summed E-state index contributed by atoms with van der Waals surface area (Å²) in [7, 11) is 0. The summed E-state index contributed by atoms with van der Waals surface area (Å²) in [6, 6.07) is 15.0. The van der Waals surface area contributed by atoms with Crippen molar-refractivity contribution in [1.82, 2.24) is 4.98 Å². The summed E-state index contributed by atoms with van der Waals surface area (Å²) < 4.78 is 10.5. The first-order chi connectivity index (χ1) is 14.1. The average molecular weight is 386 g/mol. The number of carbonyl (C=O) groups is 2. The van der Waals surface area contributed by atoms with Gasteiger partial charge < -0.3 is 20.1 Å². The van der Waals surface area contributed by atoms with Gasteiger partial charge in [0.15, 0.2) is 11.5 Å². The fourth-order valence-corrected chi connectivity index (χ4v) is 2.74. The second-order valence-corrected chi connectivity index (χ2v) is 6.13. The van der Waals surface area contributed by atoms with Gasteiger partial charge in [0.25, 0.3) is 11.8 Å². The number of rotatable bonds is 4.